The highest BCUT2D eigenvalue weighted by Gasteiger charge is 2.40. The molecule has 3 atom stereocenters. The van der Waals surface area contributed by atoms with Crippen molar-refractivity contribution in [2.75, 3.05) is 57.4 Å². The Labute approximate surface area is 241 Å². The van der Waals surface area contributed by atoms with Gasteiger partial charge in [-0.3, -0.25) is 19.1 Å². The SMILES string of the molecule is C=CC(=O)N1C[C@H](C)N(c2nc(=O)n3c4c(c5c(cc24)C(=O)c2cccc(F)c2-5)OC[C@@H]3CN2CCOCC2)C[C@H]1C. The minimum Gasteiger partial charge on any atom is -0.488 e. The number of aromatic nitrogens is 2. The minimum atomic E-state index is -0.511. The number of piperazine rings is 1. The maximum Gasteiger partial charge on any atom is 0.350 e. The van der Waals surface area contributed by atoms with Gasteiger partial charge in [0.25, 0.3) is 0 Å². The Morgan fingerprint density at radius 3 is 2.67 bits per heavy atom. The Morgan fingerprint density at radius 1 is 1.12 bits per heavy atom. The molecule has 3 aliphatic heterocycles. The number of rotatable bonds is 4. The highest BCUT2D eigenvalue weighted by molar-refractivity contribution is 6.25. The number of benzene rings is 2. The summed E-state index contributed by atoms with van der Waals surface area (Å²) in [5.41, 5.74) is 1.29. The van der Waals surface area contributed by atoms with E-state index in [2.05, 4.69) is 16.5 Å². The Balaban J connectivity index is 1.44. The zero-order chi connectivity index (χ0) is 29.3. The summed E-state index contributed by atoms with van der Waals surface area (Å²) in [6.45, 7) is 11.9. The lowest BCUT2D eigenvalue weighted by atomic mass is 9.98. The molecule has 11 heteroatoms. The smallest absolute Gasteiger partial charge is 0.350 e. The molecule has 0 unspecified atom stereocenters. The van der Waals surface area contributed by atoms with Gasteiger partial charge in [0.05, 0.1) is 24.8 Å². The van der Waals surface area contributed by atoms with Crippen LogP contribution in [0.25, 0.3) is 22.0 Å². The van der Waals surface area contributed by atoms with Gasteiger partial charge in [0.1, 0.15) is 18.2 Å². The normalized spacial score (nSPS) is 23.5. The molecule has 42 heavy (non-hydrogen) atoms. The van der Waals surface area contributed by atoms with Crippen molar-refractivity contribution in [3.8, 4) is 16.9 Å². The van der Waals surface area contributed by atoms with Gasteiger partial charge in [-0.2, -0.15) is 4.98 Å². The zero-order valence-corrected chi connectivity index (χ0v) is 23.6. The molecule has 7 rings (SSSR count). The van der Waals surface area contributed by atoms with Gasteiger partial charge < -0.3 is 19.3 Å². The van der Waals surface area contributed by atoms with Crippen LogP contribution in [0, 0.1) is 5.82 Å². The van der Waals surface area contributed by atoms with Crippen LogP contribution in [-0.2, 0) is 9.53 Å². The van der Waals surface area contributed by atoms with Gasteiger partial charge >= 0.3 is 5.69 Å². The second-order valence-electron chi connectivity index (χ2n) is 11.5. The third kappa shape index (κ3) is 3.98. The number of carbonyl (C=O) groups excluding carboxylic acids is 2. The molecule has 4 heterocycles. The lowest BCUT2D eigenvalue weighted by Crippen LogP contribution is -2.58. The Kier molecular flexibility index (Phi) is 6.39. The van der Waals surface area contributed by atoms with E-state index in [1.807, 2.05) is 18.7 Å². The van der Waals surface area contributed by atoms with Crippen molar-refractivity contribution in [3.05, 3.63) is 64.3 Å². The summed E-state index contributed by atoms with van der Waals surface area (Å²) in [6, 6.07) is 5.55. The fraction of sp³-hybridized carbons (Fsp3) is 0.419. The molecule has 0 saturated carbocycles. The molecular formula is C31H32FN5O5. The van der Waals surface area contributed by atoms with Gasteiger partial charge in [0.15, 0.2) is 11.5 Å². The molecule has 2 aromatic carbocycles. The zero-order valence-electron chi connectivity index (χ0n) is 23.6. The molecule has 2 saturated heterocycles. The average Bonchev–Trinajstić information content (AvgIpc) is 3.28. The average molecular weight is 574 g/mol. The van der Waals surface area contributed by atoms with E-state index in [1.165, 1.54) is 18.2 Å². The first-order valence-corrected chi connectivity index (χ1v) is 14.4. The van der Waals surface area contributed by atoms with E-state index in [4.69, 9.17) is 9.47 Å². The summed E-state index contributed by atoms with van der Waals surface area (Å²) in [7, 11) is 0. The van der Waals surface area contributed by atoms with Crippen LogP contribution in [0.15, 0.2) is 41.7 Å². The monoisotopic (exact) mass is 573 g/mol. The van der Waals surface area contributed by atoms with E-state index in [1.54, 1.807) is 21.6 Å². The lowest BCUT2D eigenvalue weighted by Gasteiger charge is -2.45. The molecule has 1 amide bonds. The van der Waals surface area contributed by atoms with E-state index in [9.17, 15) is 14.4 Å². The molecule has 4 aliphatic rings. The topological polar surface area (TPSA) is 97.2 Å². The molecule has 2 fully saturated rings. The van der Waals surface area contributed by atoms with Crippen LogP contribution in [0.4, 0.5) is 10.2 Å². The van der Waals surface area contributed by atoms with Crippen molar-refractivity contribution >= 4 is 28.4 Å². The number of morpholine rings is 1. The summed E-state index contributed by atoms with van der Waals surface area (Å²) in [5, 5.41) is 0.596. The van der Waals surface area contributed by atoms with Gasteiger partial charge in [0.2, 0.25) is 5.91 Å². The van der Waals surface area contributed by atoms with E-state index in [-0.39, 0.29) is 47.5 Å². The largest absolute Gasteiger partial charge is 0.488 e. The van der Waals surface area contributed by atoms with Gasteiger partial charge in [0, 0.05) is 72.4 Å². The first-order chi connectivity index (χ1) is 20.3. The van der Waals surface area contributed by atoms with Crippen molar-refractivity contribution < 1.29 is 23.5 Å². The summed E-state index contributed by atoms with van der Waals surface area (Å²) >= 11 is 0. The van der Waals surface area contributed by atoms with Crippen molar-refractivity contribution in [2.24, 2.45) is 0 Å². The fourth-order valence-corrected chi connectivity index (χ4v) is 6.91. The maximum absolute atomic E-state index is 15.3. The number of anilines is 1. The number of fused-ring (bicyclic) bond motifs is 4. The molecule has 0 bridgehead atoms. The number of halogens is 1. The van der Waals surface area contributed by atoms with E-state index in [0.29, 0.717) is 66.4 Å². The first-order valence-electron chi connectivity index (χ1n) is 14.4. The first kappa shape index (κ1) is 26.8. The molecular weight excluding hydrogens is 541 g/mol. The van der Waals surface area contributed by atoms with Gasteiger partial charge in [-0.15, -0.1) is 0 Å². The highest BCUT2D eigenvalue weighted by Crippen LogP contribution is 2.50. The summed E-state index contributed by atoms with van der Waals surface area (Å²) in [4.78, 5) is 50.7. The van der Waals surface area contributed by atoms with Gasteiger partial charge in [-0.05, 0) is 32.1 Å². The molecule has 10 nitrogen and oxygen atoms in total. The second kappa shape index (κ2) is 10.0. The van der Waals surface area contributed by atoms with Crippen LogP contribution in [0.1, 0.15) is 35.8 Å². The van der Waals surface area contributed by atoms with E-state index in [0.717, 1.165) is 13.1 Å². The minimum absolute atomic E-state index is 0.151. The Hall–Kier alpha value is -4.09. The molecule has 1 aromatic heterocycles. The highest BCUT2D eigenvalue weighted by atomic mass is 19.1. The van der Waals surface area contributed by atoms with Crippen LogP contribution in [0.3, 0.4) is 0 Å². The van der Waals surface area contributed by atoms with Gasteiger partial charge in [-0.1, -0.05) is 18.7 Å². The van der Waals surface area contributed by atoms with E-state index >= 15 is 4.39 Å². The predicted octanol–water partition coefficient (Wildman–Crippen LogP) is 2.62. The quantitative estimate of drug-likeness (QED) is 0.344. The van der Waals surface area contributed by atoms with E-state index < -0.39 is 11.5 Å². The van der Waals surface area contributed by atoms with Gasteiger partial charge in [-0.25, -0.2) is 9.18 Å². The maximum atomic E-state index is 15.3. The summed E-state index contributed by atoms with van der Waals surface area (Å²) < 4.78 is 28.9. The Morgan fingerprint density at radius 2 is 1.90 bits per heavy atom. The molecule has 0 spiro atoms. The van der Waals surface area contributed by atoms with Crippen LogP contribution < -0.4 is 15.3 Å². The fourth-order valence-electron chi connectivity index (χ4n) is 6.91. The lowest BCUT2D eigenvalue weighted by molar-refractivity contribution is -0.128. The molecule has 0 radical (unpaired) electrons. The number of amides is 1. The van der Waals surface area contributed by atoms with Crippen LogP contribution in [0.5, 0.6) is 5.75 Å². The van der Waals surface area contributed by atoms with Crippen LogP contribution >= 0.6 is 0 Å². The third-order valence-electron chi connectivity index (χ3n) is 8.97. The number of hydrogen-bond donors (Lipinski definition) is 0. The van der Waals surface area contributed by atoms with Crippen molar-refractivity contribution in [2.45, 2.75) is 32.0 Å². The molecule has 218 valence electrons. The van der Waals surface area contributed by atoms with Crippen LogP contribution in [-0.4, -0.2) is 95.7 Å². The molecule has 0 N–H and O–H groups in total. The predicted molar refractivity (Wildman–Crippen MR) is 155 cm³/mol. The Bertz CT molecular complexity index is 1710. The number of ether oxygens (including phenoxy) is 2. The number of nitrogens with zero attached hydrogens (tertiary/aromatic N) is 5. The van der Waals surface area contributed by atoms with Crippen molar-refractivity contribution in [1.82, 2.24) is 19.4 Å². The number of ketones is 1. The summed E-state index contributed by atoms with van der Waals surface area (Å²) in [5.74, 6) is -0.187. The second-order valence-corrected chi connectivity index (χ2v) is 11.5. The number of carbonyl (C=O) groups is 2. The van der Waals surface area contributed by atoms with Crippen LogP contribution in [0.2, 0.25) is 0 Å². The standard InChI is InChI=1S/C31H32FN5O5/c1-4-24(38)35-13-18(3)36(14-17(35)2)30-22-12-21-26(25-20(28(21)39)6-5-7-23(25)32)29-27(22)37(31(40)33-30)19(16-42-29)15-34-8-10-41-11-9-34/h4-7,12,17-19H,1,8-11,13-16H2,2-3H3/t17-,18+,19+/m1/s1. The van der Waals surface area contributed by atoms with Crippen molar-refractivity contribution in [1.29, 1.82) is 0 Å². The molecule has 1 aliphatic carbocycles. The third-order valence-corrected chi connectivity index (χ3v) is 8.97. The molecule has 3 aromatic rings. The number of hydrogen-bond acceptors (Lipinski definition) is 8. The van der Waals surface area contributed by atoms with Crippen molar-refractivity contribution in [3.63, 3.8) is 0 Å². The summed E-state index contributed by atoms with van der Waals surface area (Å²) in [6.07, 6.45) is 1.31.